The van der Waals surface area contributed by atoms with E-state index in [1.807, 2.05) is 17.0 Å². The van der Waals surface area contributed by atoms with Crippen molar-refractivity contribution < 1.29 is 14.1 Å². The maximum Gasteiger partial charge on any atom is 0.257 e. The molecule has 4 heterocycles. The molecule has 2 aliphatic rings. The van der Waals surface area contributed by atoms with Crippen molar-refractivity contribution in [1.82, 2.24) is 20.0 Å². The zero-order valence-corrected chi connectivity index (χ0v) is 16.6. The quantitative estimate of drug-likeness (QED) is 0.645. The molecular weight excluding hydrogens is 382 g/mol. The molecule has 5 rings (SSSR count). The van der Waals surface area contributed by atoms with Crippen molar-refractivity contribution in [2.24, 2.45) is 0 Å². The van der Waals surface area contributed by atoms with E-state index in [1.165, 1.54) is 11.3 Å². The van der Waals surface area contributed by atoms with Crippen molar-refractivity contribution >= 4 is 11.6 Å². The Balaban J connectivity index is 1.20. The molecule has 0 bridgehead atoms. The highest BCUT2D eigenvalue weighted by atomic mass is 16.5. The summed E-state index contributed by atoms with van der Waals surface area (Å²) in [6.07, 6.45) is 4.48. The zero-order valence-electron chi connectivity index (χ0n) is 16.6. The van der Waals surface area contributed by atoms with Crippen molar-refractivity contribution in [2.45, 2.75) is 18.9 Å². The molecule has 0 aliphatic carbocycles. The number of hydrogen-bond acceptors (Lipinski definition) is 7. The molecule has 3 aromatic rings. The molecule has 1 amide bonds. The Hall–Kier alpha value is -3.26. The van der Waals surface area contributed by atoms with Crippen LogP contribution in [0.3, 0.4) is 0 Å². The summed E-state index contributed by atoms with van der Waals surface area (Å²) in [6.45, 7) is 3.16. The van der Waals surface area contributed by atoms with E-state index in [1.54, 1.807) is 12.4 Å². The van der Waals surface area contributed by atoms with Gasteiger partial charge in [0, 0.05) is 49.7 Å². The summed E-state index contributed by atoms with van der Waals surface area (Å²) in [5.74, 6) is 1.02. The van der Waals surface area contributed by atoms with E-state index in [4.69, 9.17) is 9.26 Å². The number of rotatable bonds is 5. The van der Waals surface area contributed by atoms with Gasteiger partial charge < -0.3 is 19.1 Å². The topological polar surface area (TPSA) is 84.6 Å². The minimum atomic E-state index is -0.404. The van der Waals surface area contributed by atoms with Gasteiger partial charge in [-0.25, -0.2) is 0 Å². The van der Waals surface area contributed by atoms with E-state index < -0.39 is 6.10 Å². The summed E-state index contributed by atoms with van der Waals surface area (Å²) in [6, 6.07) is 12.1. The van der Waals surface area contributed by atoms with Crippen LogP contribution in [0.2, 0.25) is 0 Å². The molecule has 1 unspecified atom stereocenters. The lowest BCUT2D eigenvalue weighted by molar-refractivity contribution is -0.139. The largest absolute Gasteiger partial charge is 0.370 e. The summed E-state index contributed by atoms with van der Waals surface area (Å²) in [4.78, 5) is 25.4. The average molecular weight is 405 g/mol. The maximum atomic E-state index is 12.8. The fourth-order valence-corrected chi connectivity index (χ4v) is 4.04. The number of para-hydroxylation sites is 1. The molecule has 2 aromatic heterocycles. The van der Waals surface area contributed by atoms with E-state index in [2.05, 4.69) is 44.3 Å². The molecular formula is C22H23N5O3. The van der Waals surface area contributed by atoms with E-state index in [0.29, 0.717) is 37.8 Å². The second-order valence-corrected chi connectivity index (χ2v) is 7.51. The van der Waals surface area contributed by atoms with Gasteiger partial charge in [0.15, 0.2) is 6.10 Å². The Morgan fingerprint density at radius 3 is 2.90 bits per heavy atom. The lowest BCUT2D eigenvalue weighted by atomic mass is 10.2. The summed E-state index contributed by atoms with van der Waals surface area (Å²) >= 11 is 0. The second-order valence-electron chi connectivity index (χ2n) is 7.51. The van der Waals surface area contributed by atoms with Gasteiger partial charge in [0.05, 0.1) is 13.2 Å². The number of carbonyl (C=O) groups excluding carboxylic acids is 1. The number of amides is 1. The van der Waals surface area contributed by atoms with Crippen molar-refractivity contribution in [3.8, 4) is 11.4 Å². The van der Waals surface area contributed by atoms with Crippen LogP contribution >= 0.6 is 0 Å². The first-order valence-corrected chi connectivity index (χ1v) is 10.2. The molecule has 0 saturated carbocycles. The summed E-state index contributed by atoms with van der Waals surface area (Å²) in [5, 5.41) is 4.04. The van der Waals surface area contributed by atoms with Crippen LogP contribution in [0.1, 0.15) is 24.0 Å². The fraction of sp³-hybridized carbons (Fsp3) is 0.364. The molecule has 0 radical (unpaired) electrons. The number of aromatic nitrogens is 3. The first kappa shape index (κ1) is 18.7. The van der Waals surface area contributed by atoms with Crippen LogP contribution in [-0.2, 0) is 16.0 Å². The van der Waals surface area contributed by atoms with Crippen LogP contribution in [0.25, 0.3) is 11.4 Å². The first-order chi connectivity index (χ1) is 14.8. The molecule has 2 aliphatic heterocycles. The predicted octanol–water partition coefficient (Wildman–Crippen LogP) is 2.48. The van der Waals surface area contributed by atoms with E-state index in [9.17, 15) is 4.79 Å². The van der Waals surface area contributed by atoms with Crippen molar-refractivity contribution in [1.29, 1.82) is 0 Å². The lowest BCUT2D eigenvalue weighted by Gasteiger charge is -2.32. The lowest BCUT2D eigenvalue weighted by Crippen LogP contribution is -2.43. The predicted molar refractivity (Wildman–Crippen MR) is 110 cm³/mol. The Bertz CT molecular complexity index is 1020. The van der Waals surface area contributed by atoms with Crippen molar-refractivity contribution in [2.75, 3.05) is 37.7 Å². The van der Waals surface area contributed by atoms with Crippen LogP contribution in [-0.4, -0.2) is 58.7 Å². The third-order valence-electron chi connectivity index (χ3n) is 5.65. The summed E-state index contributed by atoms with van der Waals surface area (Å²) in [7, 11) is 0. The molecule has 0 spiro atoms. The molecule has 154 valence electrons. The summed E-state index contributed by atoms with van der Waals surface area (Å²) < 4.78 is 11.2. The normalized spacial score (nSPS) is 18.5. The van der Waals surface area contributed by atoms with Gasteiger partial charge in [0.2, 0.25) is 11.7 Å². The van der Waals surface area contributed by atoms with Gasteiger partial charge in [-0.3, -0.25) is 9.78 Å². The van der Waals surface area contributed by atoms with Crippen LogP contribution in [0.5, 0.6) is 0 Å². The van der Waals surface area contributed by atoms with Gasteiger partial charge in [-0.15, -0.1) is 0 Å². The van der Waals surface area contributed by atoms with Crippen molar-refractivity contribution in [3.05, 3.63) is 60.2 Å². The first-order valence-electron chi connectivity index (χ1n) is 10.2. The smallest absolute Gasteiger partial charge is 0.257 e. The molecule has 1 aromatic carbocycles. The van der Waals surface area contributed by atoms with E-state index in [0.717, 1.165) is 25.1 Å². The fourth-order valence-electron chi connectivity index (χ4n) is 4.04. The Labute approximate surface area is 174 Å². The molecule has 0 N–H and O–H groups in total. The Morgan fingerprint density at radius 2 is 2.00 bits per heavy atom. The molecule has 8 nitrogen and oxygen atoms in total. The Kier molecular flexibility index (Phi) is 5.15. The zero-order chi connectivity index (χ0) is 20.3. The monoisotopic (exact) mass is 405 g/mol. The van der Waals surface area contributed by atoms with Gasteiger partial charge in [-0.2, -0.15) is 4.98 Å². The number of carbonyl (C=O) groups is 1. The second kappa shape index (κ2) is 8.23. The number of ether oxygens (including phenoxy) is 1. The number of nitrogens with zero attached hydrogens (tertiary/aromatic N) is 5. The third-order valence-corrected chi connectivity index (χ3v) is 5.65. The van der Waals surface area contributed by atoms with Crippen LogP contribution < -0.4 is 4.90 Å². The van der Waals surface area contributed by atoms with Gasteiger partial charge in [-0.05, 0) is 30.2 Å². The molecule has 8 heteroatoms. The van der Waals surface area contributed by atoms with Crippen molar-refractivity contribution in [3.63, 3.8) is 0 Å². The van der Waals surface area contributed by atoms with E-state index in [-0.39, 0.29) is 5.91 Å². The maximum absolute atomic E-state index is 12.8. The van der Waals surface area contributed by atoms with Gasteiger partial charge >= 0.3 is 0 Å². The van der Waals surface area contributed by atoms with Gasteiger partial charge in [0.25, 0.3) is 5.89 Å². The average Bonchev–Trinajstić information content (AvgIpc) is 3.46. The minimum absolute atomic E-state index is 0.126. The van der Waals surface area contributed by atoms with E-state index >= 15 is 0 Å². The van der Waals surface area contributed by atoms with Gasteiger partial charge in [-0.1, -0.05) is 23.4 Å². The highest BCUT2D eigenvalue weighted by Gasteiger charge is 2.30. The number of pyridine rings is 1. The molecule has 30 heavy (non-hydrogen) atoms. The van der Waals surface area contributed by atoms with Crippen LogP contribution in [0, 0.1) is 0 Å². The standard InChI is InChI=1S/C22H23N5O3/c28-20(8-12-26-11-7-16-3-1-2-4-18(16)26)27-13-14-29-19(15-27)22-24-21(25-30-22)17-5-9-23-10-6-17/h1-6,9-10,19H,7-8,11-15H2. The number of fused-ring (bicyclic) bond motifs is 1. The third kappa shape index (κ3) is 3.78. The SMILES string of the molecule is O=C(CCN1CCc2ccccc21)N1CCOC(c2nc(-c3ccncc3)no2)C1. The van der Waals surface area contributed by atoms with Gasteiger partial charge in [0.1, 0.15) is 0 Å². The molecule has 1 saturated heterocycles. The van der Waals surface area contributed by atoms with Crippen LogP contribution in [0.4, 0.5) is 5.69 Å². The minimum Gasteiger partial charge on any atom is -0.370 e. The highest BCUT2D eigenvalue weighted by Crippen LogP contribution is 2.28. The molecule has 1 fully saturated rings. The molecule has 1 atom stereocenters. The number of anilines is 1. The Morgan fingerprint density at radius 1 is 1.13 bits per heavy atom. The highest BCUT2D eigenvalue weighted by molar-refractivity contribution is 5.77. The number of benzene rings is 1. The summed E-state index contributed by atoms with van der Waals surface area (Å²) in [5.41, 5.74) is 3.44. The number of morpholine rings is 1. The van der Waals surface area contributed by atoms with Crippen LogP contribution in [0.15, 0.2) is 53.3 Å². The number of hydrogen-bond donors (Lipinski definition) is 0.